The summed E-state index contributed by atoms with van der Waals surface area (Å²) in [6.45, 7) is 5.43. The van der Waals surface area contributed by atoms with Crippen LogP contribution in [-0.2, 0) is 4.74 Å². The number of aryl methyl sites for hydroxylation is 1. The number of nitrogens with zero attached hydrogens (tertiary/aromatic N) is 2. The Balaban J connectivity index is 2.15. The third-order valence-corrected chi connectivity index (χ3v) is 4.00. The number of aromatic hydroxyl groups is 1. The molecule has 9 heteroatoms. The molecule has 2 rings (SSSR count). The van der Waals surface area contributed by atoms with E-state index in [0.29, 0.717) is 22.0 Å². The van der Waals surface area contributed by atoms with Crippen molar-refractivity contribution in [2.75, 3.05) is 11.9 Å². The first-order chi connectivity index (χ1) is 11.9. The SMILES string of the molecule is CCOC(=O)Nc1snc(C)c1/C(C)=N/NC(=O)c1cccc(O)c1. The molecule has 0 spiro atoms. The predicted molar refractivity (Wildman–Crippen MR) is 95.3 cm³/mol. The van der Waals surface area contributed by atoms with Crippen molar-refractivity contribution in [1.82, 2.24) is 9.80 Å². The van der Waals surface area contributed by atoms with Gasteiger partial charge < -0.3 is 9.84 Å². The van der Waals surface area contributed by atoms with Crippen molar-refractivity contribution >= 4 is 34.2 Å². The van der Waals surface area contributed by atoms with E-state index in [1.165, 1.54) is 12.1 Å². The monoisotopic (exact) mass is 362 g/mol. The predicted octanol–water partition coefficient (Wildman–Crippen LogP) is 2.88. The molecule has 0 fully saturated rings. The number of hydrogen-bond donors (Lipinski definition) is 3. The molecular formula is C16H18N4O4S. The fourth-order valence-corrected chi connectivity index (χ4v) is 2.88. The number of aromatic nitrogens is 1. The Morgan fingerprint density at radius 3 is 2.84 bits per heavy atom. The van der Waals surface area contributed by atoms with Crippen LogP contribution in [0.1, 0.15) is 35.5 Å². The second kappa shape index (κ2) is 8.25. The Morgan fingerprint density at radius 2 is 2.16 bits per heavy atom. The molecule has 1 heterocycles. The van der Waals surface area contributed by atoms with Crippen LogP contribution < -0.4 is 10.7 Å². The van der Waals surface area contributed by atoms with Crippen molar-refractivity contribution in [3.8, 4) is 5.75 Å². The number of amides is 2. The van der Waals surface area contributed by atoms with Crippen LogP contribution >= 0.6 is 11.5 Å². The Hall–Kier alpha value is -2.94. The summed E-state index contributed by atoms with van der Waals surface area (Å²) < 4.78 is 9.05. The van der Waals surface area contributed by atoms with E-state index in [9.17, 15) is 14.7 Å². The van der Waals surface area contributed by atoms with Gasteiger partial charge in [-0.05, 0) is 50.5 Å². The number of nitrogens with one attached hydrogen (secondary N) is 2. The average molecular weight is 362 g/mol. The van der Waals surface area contributed by atoms with Gasteiger partial charge in [0, 0.05) is 5.56 Å². The highest BCUT2D eigenvalue weighted by atomic mass is 32.1. The van der Waals surface area contributed by atoms with Crippen molar-refractivity contribution in [3.05, 3.63) is 41.1 Å². The molecule has 0 aliphatic rings. The Labute approximate surface area is 148 Å². The molecule has 1 aromatic carbocycles. The number of anilines is 1. The van der Waals surface area contributed by atoms with Gasteiger partial charge in [0.25, 0.3) is 5.91 Å². The number of rotatable bonds is 5. The molecule has 25 heavy (non-hydrogen) atoms. The molecule has 0 aliphatic carbocycles. The summed E-state index contributed by atoms with van der Waals surface area (Å²) in [7, 11) is 0. The first-order valence-electron chi connectivity index (χ1n) is 7.46. The molecule has 0 atom stereocenters. The van der Waals surface area contributed by atoms with Gasteiger partial charge in [0.05, 0.1) is 23.6 Å². The van der Waals surface area contributed by atoms with Crippen molar-refractivity contribution in [2.24, 2.45) is 5.10 Å². The highest BCUT2D eigenvalue weighted by Crippen LogP contribution is 2.25. The summed E-state index contributed by atoms with van der Waals surface area (Å²) in [6.07, 6.45) is -0.580. The average Bonchev–Trinajstić information content (AvgIpc) is 2.93. The van der Waals surface area contributed by atoms with E-state index >= 15 is 0 Å². The number of benzene rings is 1. The highest BCUT2D eigenvalue weighted by molar-refractivity contribution is 7.11. The van der Waals surface area contributed by atoms with Crippen molar-refractivity contribution in [1.29, 1.82) is 0 Å². The summed E-state index contributed by atoms with van der Waals surface area (Å²) in [6, 6.07) is 5.94. The smallest absolute Gasteiger partial charge is 0.412 e. The lowest BCUT2D eigenvalue weighted by Gasteiger charge is -2.07. The van der Waals surface area contributed by atoms with Gasteiger partial charge in [0.2, 0.25) is 0 Å². The Kier molecular flexibility index (Phi) is 6.07. The van der Waals surface area contributed by atoms with E-state index in [1.54, 1.807) is 32.9 Å². The summed E-state index contributed by atoms with van der Waals surface area (Å²) in [5.74, 6) is -0.469. The first kappa shape index (κ1) is 18.4. The molecule has 3 N–H and O–H groups in total. The molecule has 2 amide bonds. The van der Waals surface area contributed by atoms with E-state index in [-0.39, 0.29) is 17.9 Å². The minimum atomic E-state index is -0.580. The lowest BCUT2D eigenvalue weighted by molar-refractivity contribution is 0.0954. The normalized spacial score (nSPS) is 11.1. The fraction of sp³-hybridized carbons (Fsp3) is 0.250. The van der Waals surface area contributed by atoms with E-state index < -0.39 is 12.0 Å². The number of hydrazone groups is 1. The Bertz CT molecular complexity index is 816. The van der Waals surface area contributed by atoms with Gasteiger partial charge in [0.15, 0.2) is 0 Å². The maximum absolute atomic E-state index is 12.1. The quantitative estimate of drug-likeness (QED) is 0.559. The van der Waals surface area contributed by atoms with Crippen LogP contribution in [0.3, 0.4) is 0 Å². The van der Waals surface area contributed by atoms with Crippen LogP contribution in [0.2, 0.25) is 0 Å². The van der Waals surface area contributed by atoms with Crippen LogP contribution in [0.5, 0.6) is 5.75 Å². The lowest BCUT2D eigenvalue weighted by atomic mass is 10.1. The number of hydrogen-bond acceptors (Lipinski definition) is 7. The molecule has 132 valence electrons. The highest BCUT2D eigenvalue weighted by Gasteiger charge is 2.17. The molecule has 8 nitrogen and oxygen atoms in total. The van der Waals surface area contributed by atoms with E-state index in [4.69, 9.17) is 4.74 Å². The molecule has 0 radical (unpaired) electrons. The summed E-state index contributed by atoms with van der Waals surface area (Å²) in [4.78, 5) is 23.7. The van der Waals surface area contributed by atoms with E-state index in [2.05, 4.69) is 20.2 Å². The zero-order valence-electron chi connectivity index (χ0n) is 14.0. The van der Waals surface area contributed by atoms with Gasteiger partial charge in [-0.3, -0.25) is 10.1 Å². The summed E-state index contributed by atoms with van der Waals surface area (Å²) in [5, 5.41) is 16.6. The lowest BCUT2D eigenvalue weighted by Crippen LogP contribution is -2.20. The van der Waals surface area contributed by atoms with Crippen LogP contribution in [0.15, 0.2) is 29.4 Å². The molecule has 1 aromatic heterocycles. The topological polar surface area (TPSA) is 113 Å². The zero-order valence-corrected chi connectivity index (χ0v) is 14.8. The van der Waals surface area contributed by atoms with Gasteiger partial charge in [-0.25, -0.2) is 10.2 Å². The maximum Gasteiger partial charge on any atom is 0.412 e. The zero-order chi connectivity index (χ0) is 18.4. The maximum atomic E-state index is 12.1. The minimum Gasteiger partial charge on any atom is -0.508 e. The Morgan fingerprint density at radius 1 is 1.40 bits per heavy atom. The van der Waals surface area contributed by atoms with Crippen LogP contribution in [0.4, 0.5) is 9.80 Å². The number of ether oxygens (including phenoxy) is 1. The molecule has 0 unspecified atom stereocenters. The van der Waals surface area contributed by atoms with Crippen LogP contribution in [0.25, 0.3) is 0 Å². The second-order valence-corrected chi connectivity index (χ2v) is 5.78. The third kappa shape index (κ3) is 4.77. The molecule has 2 aromatic rings. The van der Waals surface area contributed by atoms with E-state index in [1.807, 2.05) is 0 Å². The number of phenolic OH excluding ortho intramolecular Hbond substituents is 1. The van der Waals surface area contributed by atoms with Gasteiger partial charge in [-0.1, -0.05) is 6.07 Å². The molecular weight excluding hydrogens is 344 g/mol. The summed E-state index contributed by atoms with van der Waals surface area (Å²) in [5.41, 5.74) is 4.47. The first-order valence-corrected chi connectivity index (χ1v) is 8.23. The van der Waals surface area contributed by atoms with Gasteiger partial charge in [0.1, 0.15) is 10.8 Å². The second-order valence-electron chi connectivity index (χ2n) is 5.01. The molecule has 0 aliphatic heterocycles. The van der Waals surface area contributed by atoms with Crippen molar-refractivity contribution in [3.63, 3.8) is 0 Å². The van der Waals surface area contributed by atoms with Gasteiger partial charge in [-0.2, -0.15) is 9.47 Å². The van der Waals surface area contributed by atoms with Crippen molar-refractivity contribution < 1.29 is 19.4 Å². The van der Waals surface area contributed by atoms with Crippen LogP contribution in [-0.4, -0.2) is 33.8 Å². The molecule has 0 bridgehead atoms. The largest absolute Gasteiger partial charge is 0.508 e. The van der Waals surface area contributed by atoms with Gasteiger partial charge >= 0.3 is 6.09 Å². The van der Waals surface area contributed by atoms with E-state index in [0.717, 1.165) is 11.5 Å². The number of phenols is 1. The molecule has 0 saturated carbocycles. The minimum absolute atomic E-state index is 0.00727. The number of carbonyl (C=O) groups is 2. The van der Waals surface area contributed by atoms with Crippen molar-refractivity contribution in [2.45, 2.75) is 20.8 Å². The standard InChI is InChI=1S/C16H18N4O4S/c1-4-24-16(23)17-15-13(10(3)20-25-15)9(2)18-19-14(22)11-6-5-7-12(21)8-11/h5-8,21H,4H2,1-3H3,(H,17,23)(H,19,22)/b18-9+. The summed E-state index contributed by atoms with van der Waals surface area (Å²) >= 11 is 1.10. The number of carbonyl (C=O) groups excluding carboxylic acids is 2. The molecule has 0 saturated heterocycles. The van der Waals surface area contributed by atoms with Crippen LogP contribution in [0, 0.1) is 6.92 Å². The third-order valence-electron chi connectivity index (χ3n) is 3.15. The fourth-order valence-electron chi connectivity index (χ4n) is 2.04. The van der Waals surface area contributed by atoms with Gasteiger partial charge in [-0.15, -0.1) is 0 Å².